The van der Waals surface area contributed by atoms with Gasteiger partial charge in [-0.1, -0.05) is 60.3 Å². The lowest BCUT2D eigenvalue weighted by molar-refractivity contribution is -0.139. The molecule has 0 aliphatic carbocycles. The standard InChI is InChI=1S/C29H31N3O5S/c1-3-36-28(34)25-26(19-10-5-4-6-11-19)31-29-32(27(25)22-13-7-8-14-23(22)35-2)20(18-38-29)16-24(33)30-17-21-12-9-15-37-21/h4-8,10-11,13-14,18,21,27H,3,9,12,15-17H2,1-2H3,(H,30,33)/t21-,27+/m1/s1. The van der Waals surface area contributed by atoms with E-state index in [2.05, 4.69) is 5.32 Å². The van der Waals surface area contributed by atoms with Crippen LogP contribution in [0.5, 0.6) is 5.75 Å². The second-order valence-corrected chi connectivity index (χ2v) is 9.94. The zero-order valence-corrected chi connectivity index (χ0v) is 22.3. The number of thioether (sulfide) groups is 1. The van der Waals surface area contributed by atoms with E-state index >= 15 is 0 Å². The summed E-state index contributed by atoms with van der Waals surface area (Å²) in [7, 11) is 1.61. The summed E-state index contributed by atoms with van der Waals surface area (Å²) in [5, 5.41) is 5.63. The van der Waals surface area contributed by atoms with E-state index in [-0.39, 0.29) is 25.0 Å². The van der Waals surface area contributed by atoms with Gasteiger partial charge in [0.05, 0.1) is 43.6 Å². The zero-order valence-electron chi connectivity index (χ0n) is 21.5. The monoisotopic (exact) mass is 533 g/mol. The molecule has 3 aliphatic heterocycles. The van der Waals surface area contributed by atoms with Crippen LogP contribution in [-0.2, 0) is 19.1 Å². The van der Waals surface area contributed by atoms with E-state index in [1.807, 2.05) is 64.9 Å². The molecule has 3 heterocycles. The number of nitrogens with zero attached hydrogens (tertiary/aromatic N) is 2. The van der Waals surface area contributed by atoms with Crippen molar-refractivity contribution in [1.82, 2.24) is 10.2 Å². The van der Waals surface area contributed by atoms with Gasteiger partial charge in [-0.2, -0.15) is 0 Å². The second kappa shape index (κ2) is 11.9. The minimum Gasteiger partial charge on any atom is -0.496 e. The average Bonchev–Trinajstić information content (AvgIpc) is 3.62. The van der Waals surface area contributed by atoms with Crippen LogP contribution >= 0.6 is 11.8 Å². The maximum Gasteiger partial charge on any atom is 0.338 e. The highest BCUT2D eigenvalue weighted by Gasteiger charge is 2.43. The van der Waals surface area contributed by atoms with Crippen molar-refractivity contribution in [2.45, 2.75) is 38.3 Å². The van der Waals surface area contributed by atoms with Crippen LogP contribution in [0.4, 0.5) is 0 Å². The Hall–Kier alpha value is -3.56. The highest BCUT2D eigenvalue weighted by molar-refractivity contribution is 8.16. The Morgan fingerprint density at radius 1 is 1.16 bits per heavy atom. The maximum absolute atomic E-state index is 13.6. The van der Waals surface area contributed by atoms with Crippen molar-refractivity contribution in [3.63, 3.8) is 0 Å². The molecule has 3 aliphatic rings. The van der Waals surface area contributed by atoms with Gasteiger partial charge in [0.15, 0.2) is 5.17 Å². The van der Waals surface area contributed by atoms with E-state index in [1.54, 1.807) is 14.0 Å². The Balaban J connectivity index is 1.55. The van der Waals surface area contributed by atoms with Gasteiger partial charge >= 0.3 is 5.97 Å². The number of hydrogen-bond acceptors (Lipinski definition) is 8. The number of benzene rings is 2. The molecule has 1 N–H and O–H groups in total. The molecule has 2 aromatic rings. The van der Waals surface area contributed by atoms with Crippen LogP contribution in [0, 0.1) is 0 Å². The number of para-hydroxylation sites is 1. The molecule has 1 saturated heterocycles. The molecule has 0 saturated carbocycles. The van der Waals surface area contributed by atoms with Crippen molar-refractivity contribution in [3.8, 4) is 5.75 Å². The van der Waals surface area contributed by atoms with E-state index < -0.39 is 12.0 Å². The summed E-state index contributed by atoms with van der Waals surface area (Å²) in [6.45, 7) is 3.24. The number of nitrogens with one attached hydrogen (secondary N) is 1. The van der Waals surface area contributed by atoms with Crippen LogP contribution < -0.4 is 10.1 Å². The summed E-state index contributed by atoms with van der Waals surface area (Å²) in [6.07, 6.45) is 2.17. The maximum atomic E-state index is 13.6. The largest absolute Gasteiger partial charge is 0.496 e. The van der Waals surface area contributed by atoms with Crippen molar-refractivity contribution in [3.05, 3.63) is 82.4 Å². The van der Waals surface area contributed by atoms with Gasteiger partial charge in [0.1, 0.15) is 5.75 Å². The first kappa shape index (κ1) is 26.1. The number of carbonyl (C=O) groups is 2. The third-order valence-electron chi connectivity index (χ3n) is 6.68. The normalized spacial score (nSPS) is 20.5. The summed E-state index contributed by atoms with van der Waals surface area (Å²) in [5.41, 5.74) is 3.30. The molecule has 1 amide bonds. The fraction of sp³-hybridized carbons (Fsp3) is 0.345. The zero-order chi connectivity index (χ0) is 26.5. The smallest absolute Gasteiger partial charge is 0.338 e. The van der Waals surface area contributed by atoms with Crippen molar-refractivity contribution in [2.24, 2.45) is 4.99 Å². The summed E-state index contributed by atoms with van der Waals surface area (Å²) < 4.78 is 16.9. The van der Waals surface area contributed by atoms with Gasteiger partial charge in [-0.25, -0.2) is 9.79 Å². The molecular formula is C29H31N3O5S. The van der Waals surface area contributed by atoms with Crippen molar-refractivity contribution < 1.29 is 23.8 Å². The van der Waals surface area contributed by atoms with Gasteiger partial charge in [0.2, 0.25) is 5.91 Å². The van der Waals surface area contributed by atoms with Gasteiger partial charge in [0.25, 0.3) is 0 Å². The number of fused-ring (bicyclic) bond motifs is 1. The number of esters is 1. The predicted molar refractivity (Wildman–Crippen MR) is 147 cm³/mol. The van der Waals surface area contributed by atoms with E-state index in [9.17, 15) is 9.59 Å². The Morgan fingerprint density at radius 3 is 2.68 bits per heavy atom. The summed E-state index contributed by atoms with van der Waals surface area (Å²) in [6, 6.07) is 16.6. The first-order valence-electron chi connectivity index (χ1n) is 12.8. The third kappa shape index (κ3) is 5.35. The molecule has 198 valence electrons. The fourth-order valence-electron chi connectivity index (χ4n) is 4.94. The highest BCUT2D eigenvalue weighted by atomic mass is 32.2. The average molecular weight is 534 g/mol. The molecular weight excluding hydrogens is 502 g/mol. The van der Waals surface area contributed by atoms with Crippen LogP contribution in [0.25, 0.3) is 5.70 Å². The summed E-state index contributed by atoms with van der Waals surface area (Å²) in [4.78, 5) is 33.5. The molecule has 1 fully saturated rings. The molecule has 0 bridgehead atoms. The van der Waals surface area contributed by atoms with E-state index in [0.29, 0.717) is 28.7 Å². The van der Waals surface area contributed by atoms with E-state index in [4.69, 9.17) is 19.2 Å². The van der Waals surface area contributed by atoms with E-state index in [0.717, 1.165) is 36.3 Å². The molecule has 0 aromatic heterocycles. The molecule has 0 spiro atoms. The summed E-state index contributed by atoms with van der Waals surface area (Å²) >= 11 is 1.44. The van der Waals surface area contributed by atoms with E-state index in [1.165, 1.54) is 11.8 Å². The quantitative estimate of drug-likeness (QED) is 0.469. The SMILES string of the molecule is CCOC(=O)C1=C(c2ccccc2)N=C2SC=C(CC(=O)NC[C@H]3CCCO3)N2[C@H]1c1ccccc1OC. The van der Waals surface area contributed by atoms with Crippen LogP contribution in [0.15, 0.2) is 76.3 Å². The predicted octanol–water partition coefficient (Wildman–Crippen LogP) is 4.66. The first-order valence-corrected chi connectivity index (χ1v) is 13.7. The number of amides is 1. The number of hydrogen-bond donors (Lipinski definition) is 1. The van der Waals surface area contributed by atoms with Crippen molar-refractivity contribution in [1.29, 1.82) is 0 Å². The molecule has 5 rings (SSSR count). The van der Waals surface area contributed by atoms with Gasteiger partial charge in [-0.3, -0.25) is 4.79 Å². The second-order valence-electron chi connectivity index (χ2n) is 9.10. The third-order valence-corrected chi connectivity index (χ3v) is 7.57. The number of aliphatic imine (C=N–C) groups is 1. The Labute approximate surface area is 226 Å². The Morgan fingerprint density at radius 2 is 1.95 bits per heavy atom. The molecule has 8 nitrogen and oxygen atoms in total. The van der Waals surface area contributed by atoms with Crippen LogP contribution in [0.2, 0.25) is 0 Å². The number of amidine groups is 1. The molecule has 0 radical (unpaired) electrons. The lowest BCUT2D eigenvalue weighted by Crippen LogP contribution is -2.39. The van der Waals surface area contributed by atoms with Crippen LogP contribution in [-0.4, -0.2) is 54.9 Å². The fourth-order valence-corrected chi connectivity index (χ4v) is 5.85. The number of carbonyl (C=O) groups excluding carboxylic acids is 2. The van der Waals surface area contributed by atoms with Gasteiger partial charge in [0, 0.05) is 30.0 Å². The van der Waals surface area contributed by atoms with Gasteiger partial charge in [-0.05, 0) is 31.2 Å². The van der Waals surface area contributed by atoms with Crippen LogP contribution in [0.1, 0.15) is 43.4 Å². The van der Waals surface area contributed by atoms with Crippen molar-refractivity contribution >= 4 is 34.5 Å². The first-order chi connectivity index (χ1) is 18.6. The molecule has 9 heteroatoms. The molecule has 0 unspecified atom stereocenters. The number of ether oxygens (including phenoxy) is 3. The van der Waals surface area contributed by atoms with Crippen LogP contribution in [0.3, 0.4) is 0 Å². The Bertz CT molecular complexity index is 1280. The highest BCUT2D eigenvalue weighted by Crippen LogP contribution is 2.48. The minimum absolute atomic E-state index is 0.0612. The minimum atomic E-state index is -0.597. The van der Waals surface area contributed by atoms with Gasteiger partial charge in [-0.15, -0.1) is 0 Å². The Kier molecular flexibility index (Phi) is 8.14. The molecule has 38 heavy (non-hydrogen) atoms. The van der Waals surface area contributed by atoms with Gasteiger partial charge < -0.3 is 24.4 Å². The number of rotatable bonds is 9. The molecule has 2 atom stereocenters. The lowest BCUT2D eigenvalue weighted by Gasteiger charge is -2.37. The van der Waals surface area contributed by atoms with Crippen molar-refractivity contribution in [2.75, 3.05) is 26.9 Å². The lowest BCUT2D eigenvalue weighted by atomic mass is 9.91. The topological polar surface area (TPSA) is 89.5 Å². The number of methoxy groups -OCH3 is 1. The molecule has 2 aromatic carbocycles. The summed E-state index contributed by atoms with van der Waals surface area (Å²) in [5.74, 6) is 0.0686.